The maximum Gasteiger partial charge on any atom is 0.253 e. The minimum absolute atomic E-state index is 0.146. The Morgan fingerprint density at radius 2 is 1.77 bits per heavy atom. The maximum atomic E-state index is 12.9. The third-order valence-corrected chi connectivity index (χ3v) is 6.23. The first-order valence-electron chi connectivity index (χ1n) is 10.1. The first-order chi connectivity index (χ1) is 12.7. The summed E-state index contributed by atoms with van der Waals surface area (Å²) in [4.78, 5) is 31.4. The Kier molecular flexibility index (Phi) is 4.98. The zero-order valence-electron chi connectivity index (χ0n) is 15.7. The molecule has 0 atom stereocenters. The van der Waals surface area contributed by atoms with Crippen LogP contribution in [-0.2, 0) is 11.2 Å². The molecule has 26 heavy (non-hydrogen) atoms. The van der Waals surface area contributed by atoms with Gasteiger partial charge in [-0.15, -0.1) is 0 Å². The smallest absolute Gasteiger partial charge is 0.253 e. The topological polar surface area (TPSA) is 43.9 Å². The van der Waals surface area contributed by atoms with E-state index in [1.54, 1.807) is 0 Å². The number of likely N-dealkylation sites (tertiary alicyclic amines) is 2. The second-order valence-corrected chi connectivity index (χ2v) is 7.76. The van der Waals surface area contributed by atoms with E-state index >= 15 is 0 Å². The molecule has 140 valence electrons. The van der Waals surface area contributed by atoms with Crippen LogP contribution in [0, 0.1) is 0 Å². The summed E-state index contributed by atoms with van der Waals surface area (Å²) in [6.07, 6.45) is 6.20. The third kappa shape index (κ3) is 3.25. The molecule has 5 nitrogen and oxygen atoms in total. The van der Waals surface area contributed by atoms with E-state index < -0.39 is 0 Å². The Hall–Kier alpha value is -1.88. The molecule has 0 spiro atoms. The molecule has 0 radical (unpaired) electrons. The molecule has 3 aliphatic heterocycles. The van der Waals surface area contributed by atoms with E-state index in [2.05, 4.69) is 4.90 Å². The lowest BCUT2D eigenvalue weighted by Gasteiger charge is -2.36. The Morgan fingerprint density at radius 1 is 1.04 bits per heavy atom. The quantitative estimate of drug-likeness (QED) is 0.837. The van der Waals surface area contributed by atoms with Gasteiger partial charge in [0.05, 0.1) is 0 Å². The number of carbonyl (C=O) groups excluding carboxylic acids is 2. The van der Waals surface area contributed by atoms with Gasteiger partial charge < -0.3 is 14.7 Å². The van der Waals surface area contributed by atoms with Crippen molar-refractivity contribution < 1.29 is 9.59 Å². The summed E-state index contributed by atoms with van der Waals surface area (Å²) in [5.41, 5.74) is 2.89. The molecule has 0 aromatic heterocycles. The lowest BCUT2D eigenvalue weighted by Crippen LogP contribution is -2.45. The lowest BCUT2D eigenvalue weighted by atomic mass is 10.0. The van der Waals surface area contributed by atoms with Crippen LogP contribution in [-0.4, -0.2) is 60.4 Å². The highest BCUT2D eigenvalue weighted by molar-refractivity contribution is 5.98. The van der Waals surface area contributed by atoms with Gasteiger partial charge in [-0.2, -0.15) is 0 Å². The molecule has 1 aromatic carbocycles. The number of benzene rings is 1. The van der Waals surface area contributed by atoms with Crippen LogP contribution in [0.25, 0.3) is 0 Å². The van der Waals surface area contributed by atoms with E-state index in [4.69, 9.17) is 0 Å². The third-order valence-electron chi connectivity index (χ3n) is 6.23. The van der Waals surface area contributed by atoms with Crippen molar-refractivity contribution >= 4 is 17.5 Å². The van der Waals surface area contributed by atoms with Gasteiger partial charge in [0, 0.05) is 43.3 Å². The van der Waals surface area contributed by atoms with E-state index in [1.807, 2.05) is 34.9 Å². The van der Waals surface area contributed by atoms with Gasteiger partial charge in [0.1, 0.15) is 0 Å². The number of piperidine rings is 1. The fraction of sp³-hybridized carbons (Fsp3) is 0.619. The van der Waals surface area contributed by atoms with E-state index in [0.717, 1.165) is 55.7 Å². The van der Waals surface area contributed by atoms with E-state index in [1.165, 1.54) is 25.9 Å². The van der Waals surface area contributed by atoms with Crippen LogP contribution in [0.1, 0.15) is 54.9 Å². The van der Waals surface area contributed by atoms with Crippen molar-refractivity contribution in [3.8, 4) is 0 Å². The van der Waals surface area contributed by atoms with E-state index in [-0.39, 0.29) is 11.8 Å². The zero-order valence-corrected chi connectivity index (χ0v) is 15.7. The molecule has 1 aromatic rings. The number of hydrogen-bond acceptors (Lipinski definition) is 3. The van der Waals surface area contributed by atoms with Gasteiger partial charge in [0.25, 0.3) is 5.91 Å². The predicted octanol–water partition coefficient (Wildman–Crippen LogP) is 2.69. The molecule has 4 rings (SSSR count). The second-order valence-electron chi connectivity index (χ2n) is 7.76. The molecule has 0 N–H and O–H groups in total. The SMILES string of the molecule is CCC(=O)N1CCc2cc(C(=O)N3CCC(N4CCCC4)CC3)ccc21. The summed E-state index contributed by atoms with van der Waals surface area (Å²) < 4.78 is 0. The van der Waals surface area contributed by atoms with Gasteiger partial charge in [-0.25, -0.2) is 0 Å². The van der Waals surface area contributed by atoms with Gasteiger partial charge in [-0.05, 0) is 69.0 Å². The number of carbonyl (C=O) groups is 2. The molecule has 0 bridgehead atoms. The minimum atomic E-state index is 0.146. The van der Waals surface area contributed by atoms with Crippen molar-refractivity contribution in [2.75, 3.05) is 37.6 Å². The fourth-order valence-electron chi connectivity index (χ4n) is 4.71. The van der Waals surface area contributed by atoms with Gasteiger partial charge in [0.15, 0.2) is 0 Å². The molecule has 0 aliphatic carbocycles. The molecular weight excluding hydrogens is 326 g/mol. The Balaban J connectivity index is 1.41. The predicted molar refractivity (Wildman–Crippen MR) is 103 cm³/mol. The van der Waals surface area contributed by atoms with Crippen LogP contribution in [0.2, 0.25) is 0 Å². The standard InChI is InChI=1S/C21H29N3O2/c1-2-20(25)24-14-7-16-15-17(5-6-19(16)24)21(26)23-12-8-18(9-13-23)22-10-3-4-11-22/h5-6,15,18H,2-4,7-14H2,1H3. The molecule has 5 heteroatoms. The number of amides is 2. The second kappa shape index (κ2) is 7.39. The first kappa shape index (κ1) is 17.5. The van der Waals surface area contributed by atoms with Crippen molar-refractivity contribution in [3.63, 3.8) is 0 Å². The molecule has 3 heterocycles. The van der Waals surface area contributed by atoms with Gasteiger partial charge in [-0.1, -0.05) is 6.92 Å². The highest BCUT2D eigenvalue weighted by Crippen LogP contribution is 2.30. The molecular formula is C21H29N3O2. The summed E-state index contributed by atoms with van der Waals surface area (Å²) in [5, 5.41) is 0. The summed E-state index contributed by atoms with van der Waals surface area (Å²) in [7, 11) is 0. The largest absolute Gasteiger partial charge is 0.339 e. The molecule has 0 saturated carbocycles. The molecule has 0 unspecified atom stereocenters. The van der Waals surface area contributed by atoms with Crippen LogP contribution in [0.5, 0.6) is 0 Å². The van der Waals surface area contributed by atoms with E-state index in [0.29, 0.717) is 12.5 Å². The van der Waals surface area contributed by atoms with Crippen molar-refractivity contribution in [2.24, 2.45) is 0 Å². The van der Waals surface area contributed by atoms with E-state index in [9.17, 15) is 9.59 Å². The summed E-state index contributed by atoms with van der Waals surface area (Å²) in [6, 6.07) is 6.53. The number of anilines is 1. The Morgan fingerprint density at radius 3 is 2.46 bits per heavy atom. The summed E-state index contributed by atoms with van der Waals surface area (Å²) in [6.45, 7) is 6.81. The van der Waals surface area contributed by atoms with Crippen molar-refractivity contribution in [3.05, 3.63) is 29.3 Å². The van der Waals surface area contributed by atoms with Crippen LogP contribution in [0.4, 0.5) is 5.69 Å². The van der Waals surface area contributed by atoms with Crippen molar-refractivity contribution in [2.45, 2.75) is 51.5 Å². The van der Waals surface area contributed by atoms with Gasteiger partial charge in [-0.3, -0.25) is 9.59 Å². The summed E-state index contributed by atoms with van der Waals surface area (Å²) in [5.74, 6) is 0.305. The van der Waals surface area contributed by atoms with Gasteiger partial charge in [0.2, 0.25) is 5.91 Å². The summed E-state index contributed by atoms with van der Waals surface area (Å²) >= 11 is 0. The van der Waals surface area contributed by atoms with Crippen molar-refractivity contribution in [1.82, 2.24) is 9.80 Å². The monoisotopic (exact) mass is 355 g/mol. The number of nitrogens with zero attached hydrogens (tertiary/aromatic N) is 3. The highest BCUT2D eigenvalue weighted by atomic mass is 16.2. The molecule has 2 amide bonds. The number of rotatable bonds is 3. The molecule has 2 fully saturated rings. The molecule has 3 aliphatic rings. The fourth-order valence-corrected chi connectivity index (χ4v) is 4.71. The van der Waals surface area contributed by atoms with Crippen LogP contribution in [0.15, 0.2) is 18.2 Å². The van der Waals surface area contributed by atoms with Crippen molar-refractivity contribution in [1.29, 1.82) is 0 Å². The Bertz CT molecular complexity index is 688. The molecule has 2 saturated heterocycles. The van der Waals surface area contributed by atoms with Crippen LogP contribution in [0.3, 0.4) is 0 Å². The number of fused-ring (bicyclic) bond motifs is 1. The van der Waals surface area contributed by atoms with Crippen LogP contribution >= 0.6 is 0 Å². The van der Waals surface area contributed by atoms with Crippen LogP contribution < -0.4 is 4.90 Å². The lowest BCUT2D eigenvalue weighted by molar-refractivity contribution is -0.118. The first-order valence-corrected chi connectivity index (χ1v) is 10.1. The number of hydrogen-bond donors (Lipinski definition) is 0. The normalized spacial score (nSPS) is 21.3. The average Bonchev–Trinajstić information content (AvgIpc) is 3.36. The zero-order chi connectivity index (χ0) is 18.1. The average molecular weight is 355 g/mol. The maximum absolute atomic E-state index is 12.9. The Labute approximate surface area is 155 Å². The minimum Gasteiger partial charge on any atom is -0.339 e. The highest BCUT2D eigenvalue weighted by Gasteiger charge is 2.30. The van der Waals surface area contributed by atoms with Gasteiger partial charge >= 0.3 is 0 Å².